The van der Waals surface area contributed by atoms with Crippen LogP contribution in [0.4, 0.5) is 27.9 Å². The number of amides is 2. The number of halogens is 1. The molecular weight excluding hydrogens is 378 g/mol. The molecule has 0 radical (unpaired) electrons. The van der Waals surface area contributed by atoms with Gasteiger partial charge in [-0.15, -0.1) is 10.2 Å². The molecule has 0 fully saturated rings. The topological polar surface area (TPSA) is 104 Å². The molecule has 0 spiro atoms. The lowest BCUT2D eigenvalue weighted by Crippen LogP contribution is -2.32. The van der Waals surface area contributed by atoms with Crippen LogP contribution < -0.4 is 21.3 Å². The molecule has 0 aliphatic carbocycles. The summed E-state index contributed by atoms with van der Waals surface area (Å²) >= 11 is 6.05. The Labute approximate surface area is 167 Å². The fourth-order valence-corrected chi connectivity index (χ4v) is 2.45. The molecule has 2 amide bonds. The Morgan fingerprint density at radius 2 is 1.82 bits per heavy atom. The Kier molecular flexibility index (Phi) is 6.59. The van der Waals surface area contributed by atoms with Gasteiger partial charge in [-0.25, -0.2) is 9.78 Å². The third kappa shape index (κ3) is 5.82. The molecule has 144 valence electrons. The van der Waals surface area contributed by atoms with E-state index >= 15 is 0 Å². The van der Waals surface area contributed by atoms with Crippen LogP contribution in [-0.2, 0) is 0 Å². The summed E-state index contributed by atoms with van der Waals surface area (Å²) in [5.41, 5.74) is 1.60. The largest absolute Gasteiger partial charge is 0.367 e. The Morgan fingerprint density at radius 3 is 2.54 bits per heavy atom. The van der Waals surface area contributed by atoms with Gasteiger partial charge in [-0.2, -0.15) is 0 Å². The van der Waals surface area contributed by atoms with Crippen LogP contribution in [0.15, 0.2) is 54.7 Å². The van der Waals surface area contributed by atoms with Crippen LogP contribution in [0.25, 0.3) is 0 Å². The zero-order valence-corrected chi connectivity index (χ0v) is 16.0. The Morgan fingerprint density at radius 1 is 1.00 bits per heavy atom. The molecule has 0 atom stereocenters. The summed E-state index contributed by atoms with van der Waals surface area (Å²) in [7, 11) is 0. The number of hydrogen-bond donors (Lipinski definition) is 4. The van der Waals surface area contributed by atoms with Crippen LogP contribution in [-0.4, -0.2) is 34.3 Å². The van der Waals surface area contributed by atoms with Gasteiger partial charge in [0.05, 0.1) is 0 Å². The number of anilines is 4. The van der Waals surface area contributed by atoms with Crippen molar-refractivity contribution >= 4 is 40.8 Å². The van der Waals surface area contributed by atoms with Crippen LogP contribution in [0.5, 0.6) is 0 Å². The second kappa shape index (κ2) is 9.52. The molecule has 1 aromatic carbocycles. The summed E-state index contributed by atoms with van der Waals surface area (Å²) in [5.74, 6) is 1.90. The molecule has 4 N–H and O–H groups in total. The molecule has 0 unspecified atom stereocenters. The zero-order valence-electron chi connectivity index (χ0n) is 15.2. The number of benzene rings is 1. The van der Waals surface area contributed by atoms with Gasteiger partial charge in [0.1, 0.15) is 11.6 Å². The highest BCUT2D eigenvalue weighted by molar-refractivity contribution is 6.31. The van der Waals surface area contributed by atoms with Crippen molar-refractivity contribution in [1.82, 2.24) is 20.5 Å². The van der Waals surface area contributed by atoms with E-state index in [1.807, 2.05) is 31.2 Å². The predicted molar refractivity (Wildman–Crippen MR) is 111 cm³/mol. The average Bonchev–Trinajstić information content (AvgIpc) is 2.70. The Balaban J connectivity index is 1.38. The number of nitrogens with one attached hydrogen (secondary N) is 4. The molecule has 0 saturated carbocycles. The fourth-order valence-electron chi connectivity index (χ4n) is 2.27. The van der Waals surface area contributed by atoms with Gasteiger partial charge in [0, 0.05) is 30.0 Å². The Bertz CT molecular complexity index is 919. The number of carbonyl (C=O) groups excluding carboxylic acids is 1. The van der Waals surface area contributed by atoms with Crippen molar-refractivity contribution < 1.29 is 4.79 Å². The molecule has 3 aromatic rings. The fraction of sp³-hybridized carbons (Fsp3) is 0.158. The summed E-state index contributed by atoms with van der Waals surface area (Å²) in [6, 6.07) is 14.2. The standard InChI is InChI=1S/C19H20ClN7O/c1-13-5-6-14(12-15(13)20)24-19(28)23-11-10-22-17-7-8-18(27-26-17)25-16-4-2-3-9-21-16/h2-9,12H,10-11H2,1H3,(H,22,26)(H,21,25,27)(H2,23,24,28). The van der Waals surface area contributed by atoms with Crippen molar-refractivity contribution in [1.29, 1.82) is 0 Å². The van der Waals surface area contributed by atoms with Gasteiger partial charge in [-0.3, -0.25) is 0 Å². The van der Waals surface area contributed by atoms with Crippen molar-refractivity contribution in [2.24, 2.45) is 0 Å². The van der Waals surface area contributed by atoms with Gasteiger partial charge in [-0.1, -0.05) is 23.7 Å². The highest BCUT2D eigenvalue weighted by Gasteiger charge is 2.03. The monoisotopic (exact) mass is 397 g/mol. The molecule has 0 saturated heterocycles. The van der Waals surface area contributed by atoms with Crippen molar-refractivity contribution in [3.05, 3.63) is 65.3 Å². The molecule has 28 heavy (non-hydrogen) atoms. The third-order valence-electron chi connectivity index (χ3n) is 3.73. The number of rotatable bonds is 7. The van der Waals surface area contributed by atoms with Crippen LogP contribution >= 0.6 is 11.6 Å². The normalized spacial score (nSPS) is 10.2. The second-order valence-corrected chi connectivity index (χ2v) is 6.32. The first-order valence-electron chi connectivity index (χ1n) is 8.67. The lowest BCUT2D eigenvalue weighted by atomic mass is 10.2. The van der Waals surface area contributed by atoms with Gasteiger partial charge in [-0.05, 0) is 48.9 Å². The molecule has 8 nitrogen and oxygen atoms in total. The first kappa shape index (κ1) is 19.4. The van der Waals surface area contributed by atoms with Crippen LogP contribution in [0.2, 0.25) is 5.02 Å². The van der Waals surface area contributed by atoms with Gasteiger partial charge in [0.25, 0.3) is 0 Å². The number of carbonyl (C=O) groups is 1. The number of hydrogen-bond acceptors (Lipinski definition) is 6. The van der Waals surface area contributed by atoms with E-state index in [1.54, 1.807) is 30.5 Å². The highest BCUT2D eigenvalue weighted by atomic mass is 35.5. The quantitative estimate of drug-likeness (QED) is 0.452. The number of pyridine rings is 1. The van der Waals surface area contributed by atoms with Crippen LogP contribution in [0.3, 0.4) is 0 Å². The first-order valence-corrected chi connectivity index (χ1v) is 9.04. The third-order valence-corrected chi connectivity index (χ3v) is 4.14. The smallest absolute Gasteiger partial charge is 0.319 e. The number of aryl methyl sites for hydroxylation is 1. The minimum absolute atomic E-state index is 0.303. The van der Waals surface area contributed by atoms with E-state index in [-0.39, 0.29) is 6.03 Å². The maximum absolute atomic E-state index is 11.9. The summed E-state index contributed by atoms with van der Waals surface area (Å²) in [5, 5.41) is 20.4. The average molecular weight is 398 g/mol. The zero-order chi connectivity index (χ0) is 19.8. The summed E-state index contributed by atoms with van der Waals surface area (Å²) in [4.78, 5) is 16.1. The minimum Gasteiger partial charge on any atom is -0.367 e. The predicted octanol–water partition coefficient (Wildman–Crippen LogP) is 3.81. The Hall–Kier alpha value is -3.39. The SMILES string of the molecule is Cc1ccc(NC(=O)NCCNc2ccc(Nc3ccccn3)nn2)cc1Cl. The molecule has 0 bridgehead atoms. The number of nitrogens with zero attached hydrogens (tertiary/aromatic N) is 3. The number of urea groups is 1. The molecule has 0 aliphatic rings. The first-order chi connectivity index (χ1) is 13.6. The number of aromatic nitrogens is 3. The van der Waals surface area contributed by atoms with Crippen molar-refractivity contribution in [3.63, 3.8) is 0 Å². The highest BCUT2D eigenvalue weighted by Crippen LogP contribution is 2.19. The van der Waals surface area contributed by atoms with Gasteiger partial charge < -0.3 is 21.3 Å². The van der Waals surface area contributed by atoms with Crippen molar-refractivity contribution in [3.8, 4) is 0 Å². The second-order valence-electron chi connectivity index (χ2n) is 5.92. The molecule has 3 rings (SSSR count). The maximum Gasteiger partial charge on any atom is 0.319 e. The maximum atomic E-state index is 11.9. The molecule has 9 heteroatoms. The van der Waals surface area contributed by atoms with Gasteiger partial charge in [0.2, 0.25) is 0 Å². The van der Waals surface area contributed by atoms with E-state index in [0.717, 1.165) is 5.56 Å². The van der Waals surface area contributed by atoms with Gasteiger partial charge in [0.15, 0.2) is 5.82 Å². The van der Waals surface area contributed by atoms with E-state index in [0.29, 0.717) is 41.3 Å². The van der Waals surface area contributed by atoms with Crippen LogP contribution in [0, 0.1) is 6.92 Å². The van der Waals surface area contributed by atoms with E-state index in [2.05, 4.69) is 36.4 Å². The molecular formula is C19H20ClN7O. The van der Waals surface area contributed by atoms with Crippen LogP contribution in [0.1, 0.15) is 5.56 Å². The minimum atomic E-state index is -0.303. The van der Waals surface area contributed by atoms with Gasteiger partial charge >= 0.3 is 6.03 Å². The molecule has 2 aromatic heterocycles. The van der Waals surface area contributed by atoms with E-state index in [4.69, 9.17) is 11.6 Å². The van der Waals surface area contributed by atoms with E-state index in [1.165, 1.54) is 0 Å². The van der Waals surface area contributed by atoms with E-state index in [9.17, 15) is 4.79 Å². The summed E-state index contributed by atoms with van der Waals surface area (Å²) in [6.45, 7) is 2.83. The van der Waals surface area contributed by atoms with Crippen molar-refractivity contribution in [2.75, 3.05) is 29.0 Å². The lowest BCUT2D eigenvalue weighted by molar-refractivity contribution is 0.252. The summed E-state index contributed by atoms with van der Waals surface area (Å²) in [6.07, 6.45) is 1.70. The lowest BCUT2D eigenvalue weighted by Gasteiger charge is -2.10. The molecule has 0 aliphatic heterocycles. The van der Waals surface area contributed by atoms with Crippen molar-refractivity contribution in [2.45, 2.75) is 6.92 Å². The summed E-state index contributed by atoms with van der Waals surface area (Å²) < 4.78 is 0. The molecule has 2 heterocycles. The van der Waals surface area contributed by atoms with E-state index < -0.39 is 0 Å².